The summed E-state index contributed by atoms with van der Waals surface area (Å²) in [4.78, 5) is 34.4. The topological polar surface area (TPSA) is 81.7 Å². The van der Waals surface area contributed by atoms with E-state index >= 15 is 0 Å². The highest BCUT2D eigenvalue weighted by Crippen LogP contribution is 2.09. The predicted molar refractivity (Wildman–Crippen MR) is 78.9 cm³/mol. The van der Waals surface area contributed by atoms with Gasteiger partial charge in [-0.05, 0) is 41.5 Å². The molecule has 0 aliphatic heterocycles. The fraction of sp³-hybridized carbons (Fsp3) is 0.800. The third-order valence-corrected chi connectivity index (χ3v) is 2.10. The summed E-state index contributed by atoms with van der Waals surface area (Å²) in [7, 11) is 0. The Kier molecular flexibility index (Phi) is 7.39. The zero-order valence-electron chi connectivity index (χ0n) is 13.9. The van der Waals surface area contributed by atoms with Crippen LogP contribution < -0.4 is 5.32 Å². The minimum atomic E-state index is -0.565. The van der Waals surface area contributed by atoms with Crippen molar-refractivity contribution in [3.8, 4) is 0 Å². The van der Waals surface area contributed by atoms with Crippen molar-refractivity contribution >= 4 is 17.8 Å². The predicted octanol–water partition coefficient (Wildman–Crippen LogP) is 2.59. The first-order valence-electron chi connectivity index (χ1n) is 7.09. The van der Waals surface area contributed by atoms with Gasteiger partial charge < -0.3 is 14.8 Å². The number of carbonyl (C=O) groups is 3. The monoisotopic (exact) mass is 301 g/mol. The molecule has 0 atom stereocenters. The number of hydrogen-bond acceptors (Lipinski definition) is 5. The summed E-state index contributed by atoms with van der Waals surface area (Å²) in [6.45, 7) is 10.8. The number of rotatable bonds is 6. The highest BCUT2D eigenvalue weighted by molar-refractivity contribution is 5.83. The maximum atomic E-state index is 11.6. The fourth-order valence-corrected chi connectivity index (χ4v) is 1.38. The molecule has 0 radical (unpaired) electrons. The molecular weight excluding hydrogens is 274 g/mol. The summed E-state index contributed by atoms with van der Waals surface area (Å²) >= 11 is 0. The van der Waals surface area contributed by atoms with Crippen molar-refractivity contribution in [1.82, 2.24) is 5.32 Å². The molecule has 0 saturated heterocycles. The van der Waals surface area contributed by atoms with Crippen molar-refractivity contribution in [3.05, 3.63) is 0 Å². The van der Waals surface area contributed by atoms with Gasteiger partial charge in [0.2, 0.25) is 0 Å². The van der Waals surface area contributed by atoms with Gasteiger partial charge in [-0.25, -0.2) is 4.79 Å². The molecule has 0 spiro atoms. The van der Waals surface area contributed by atoms with Crippen LogP contribution in [0.5, 0.6) is 0 Å². The van der Waals surface area contributed by atoms with Gasteiger partial charge in [0, 0.05) is 19.4 Å². The molecule has 0 aliphatic rings. The van der Waals surface area contributed by atoms with E-state index < -0.39 is 23.3 Å². The second-order valence-electron chi connectivity index (χ2n) is 6.80. The van der Waals surface area contributed by atoms with Gasteiger partial charge in [-0.3, -0.25) is 9.59 Å². The number of carbonyl (C=O) groups excluding carboxylic acids is 3. The van der Waals surface area contributed by atoms with Crippen LogP contribution in [-0.2, 0) is 19.1 Å². The standard InChI is InChI=1S/C15H27NO5/c1-14(2,3)20-12(18)8-7-11(17)9-10-16-13(19)21-15(4,5)6/h7-10H2,1-6H3,(H,16,19). The molecule has 0 rings (SSSR count). The number of nitrogens with one attached hydrogen (secondary N) is 1. The molecule has 0 fully saturated rings. The number of amides is 1. The number of ketones is 1. The Balaban J connectivity index is 3.82. The smallest absolute Gasteiger partial charge is 0.407 e. The van der Waals surface area contributed by atoms with E-state index in [0.29, 0.717) is 0 Å². The van der Waals surface area contributed by atoms with E-state index in [4.69, 9.17) is 9.47 Å². The molecule has 1 N–H and O–H groups in total. The van der Waals surface area contributed by atoms with Gasteiger partial charge in [-0.2, -0.15) is 0 Å². The highest BCUT2D eigenvalue weighted by Gasteiger charge is 2.18. The van der Waals surface area contributed by atoms with E-state index in [1.807, 2.05) is 0 Å². The fourth-order valence-electron chi connectivity index (χ4n) is 1.38. The van der Waals surface area contributed by atoms with E-state index in [1.54, 1.807) is 41.5 Å². The van der Waals surface area contributed by atoms with Crippen LogP contribution >= 0.6 is 0 Å². The zero-order valence-corrected chi connectivity index (χ0v) is 13.9. The van der Waals surface area contributed by atoms with E-state index in [2.05, 4.69) is 5.32 Å². The Labute approximate surface area is 126 Å². The summed E-state index contributed by atoms with van der Waals surface area (Å²) < 4.78 is 10.1. The lowest BCUT2D eigenvalue weighted by atomic mass is 10.1. The maximum absolute atomic E-state index is 11.6. The van der Waals surface area contributed by atoms with Crippen LogP contribution in [0.1, 0.15) is 60.8 Å². The molecule has 0 aliphatic carbocycles. The maximum Gasteiger partial charge on any atom is 0.407 e. The molecule has 1 amide bonds. The van der Waals surface area contributed by atoms with Gasteiger partial charge in [0.1, 0.15) is 17.0 Å². The molecular formula is C15H27NO5. The van der Waals surface area contributed by atoms with Gasteiger partial charge in [0.05, 0.1) is 6.42 Å². The lowest BCUT2D eigenvalue weighted by Crippen LogP contribution is -2.33. The minimum Gasteiger partial charge on any atom is -0.460 e. The number of hydrogen-bond donors (Lipinski definition) is 1. The summed E-state index contributed by atoms with van der Waals surface area (Å²) in [6, 6.07) is 0. The van der Waals surface area contributed by atoms with Crippen LogP contribution in [0.4, 0.5) is 4.79 Å². The summed E-state index contributed by atoms with van der Waals surface area (Å²) in [5, 5.41) is 2.50. The summed E-state index contributed by atoms with van der Waals surface area (Å²) in [5.41, 5.74) is -1.11. The first-order valence-corrected chi connectivity index (χ1v) is 7.09. The normalized spacial score (nSPS) is 11.7. The first-order chi connectivity index (χ1) is 9.39. The molecule has 21 heavy (non-hydrogen) atoms. The molecule has 0 heterocycles. The van der Waals surface area contributed by atoms with Crippen molar-refractivity contribution in [3.63, 3.8) is 0 Å². The summed E-state index contributed by atoms with van der Waals surface area (Å²) in [5.74, 6) is -0.493. The average molecular weight is 301 g/mol. The first kappa shape index (κ1) is 19.4. The Bertz CT molecular complexity index is 377. The SMILES string of the molecule is CC(C)(C)OC(=O)CCC(=O)CCNC(=O)OC(C)(C)C. The van der Waals surface area contributed by atoms with Crippen LogP contribution in [0.15, 0.2) is 0 Å². The number of Topliss-reactive ketones (excluding diaryl/α,β-unsaturated/α-hetero) is 1. The Morgan fingerprint density at radius 2 is 1.33 bits per heavy atom. The highest BCUT2D eigenvalue weighted by atomic mass is 16.6. The van der Waals surface area contributed by atoms with E-state index in [9.17, 15) is 14.4 Å². The van der Waals surface area contributed by atoms with Crippen LogP contribution in [0.3, 0.4) is 0 Å². The second kappa shape index (κ2) is 8.00. The van der Waals surface area contributed by atoms with Crippen molar-refractivity contribution in [2.45, 2.75) is 72.0 Å². The number of esters is 1. The van der Waals surface area contributed by atoms with Crippen LogP contribution in [0.25, 0.3) is 0 Å². The summed E-state index contributed by atoms with van der Waals surface area (Å²) in [6.07, 6.45) is -0.211. The van der Waals surface area contributed by atoms with Gasteiger partial charge in [0.25, 0.3) is 0 Å². The van der Waals surface area contributed by atoms with E-state index in [1.165, 1.54) is 0 Å². The van der Waals surface area contributed by atoms with Gasteiger partial charge in [-0.1, -0.05) is 0 Å². The molecule has 0 aromatic heterocycles. The molecule has 0 unspecified atom stereocenters. The Morgan fingerprint density at radius 3 is 1.81 bits per heavy atom. The van der Waals surface area contributed by atoms with E-state index in [-0.39, 0.29) is 31.6 Å². The molecule has 6 nitrogen and oxygen atoms in total. The minimum absolute atomic E-state index is 0.0581. The van der Waals surface area contributed by atoms with Gasteiger partial charge in [0.15, 0.2) is 0 Å². The van der Waals surface area contributed by atoms with Crippen molar-refractivity contribution in [2.75, 3.05) is 6.54 Å². The number of alkyl carbamates (subject to hydrolysis) is 1. The Hall–Kier alpha value is -1.59. The molecule has 0 aromatic carbocycles. The molecule has 0 bridgehead atoms. The molecule has 0 saturated carbocycles. The number of ether oxygens (including phenoxy) is 2. The zero-order chi connectivity index (χ0) is 16.7. The average Bonchev–Trinajstić information content (AvgIpc) is 2.21. The molecule has 0 aromatic rings. The lowest BCUT2D eigenvalue weighted by Gasteiger charge is -2.20. The third kappa shape index (κ3) is 13.2. The van der Waals surface area contributed by atoms with Crippen LogP contribution in [0.2, 0.25) is 0 Å². The van der Waals surface area contributed by atoms with Crippen LogP contribution in [-0.4, -0.2) is 35.6 Å². The van der Waals surface area contributed by atoms with Crippen LogP contribution in [0, 0.1) is 0 Å². The Morgan fingerprint density at radius 1 is 0.810 bits per heavy atom. The third-order valence-electron chi connectivity index (χ3n) is 2.10. The molecule has 6 heteroatoms. The van der Waals surface area contributed by atoms with Gasteiger partial charge in [-0.15, -0.1) is 0 Å². The van der Waals surface area contributed by atoms with E-state index in [0.717, 1.165) is 0 Å². The van der Waals surface area contributed by atoms with Crippen molar-refractivity contribution in [2.24, 2.45) is 0 Å². The lowest BCUT2D eigenvalue weighted by molar-refractivity contribution is -0.155. The van der Waals surface area contributed by atoms with Gasteiger partial charge >= 0.3 is 12.1 Å². The largest absolute Gasteiger partial charge is 0.460 e. The van der Waals surface area contributed by atoms with Crippen molar-refractivity contribution < 1.29 is 23.9 Å². The molecule has 122 valence electrons. The van der Waals surface area contributed by atoms with Crippen molar-refractivity contribution in [1.29, 1.82) is 0 Å². The quantitative estimate of drug-likeness (QED) is 0.763. The second-order valence-corrected chi connectivity index (χ2v) is 6.80.